The van der Waals surface area contributed by atoms with Crippen LogP contribution in [0.15, 0.2) is 77.7 Å². The highest BCUT2D eigenvalue weighted by Gasteiger charge is 2.26. The third-order valence-electron chi connectivity index (χ3n) is 4.10. The summed E-state index contributed by atoms with van der Waals surface area (Å²) in [6, 6.07) is 21.9. The molecular weight excluding hydrogens is 330 g/mol. The van der Waals surface area contributed by atoms with Crippen molar-refractivity contribution in [3.05, 3.63) is 89.5 Å². The molecule has 0 aromatic heterocycles. The van der Waals surface area contributed by atoms with Gasteiger partial charge in [-0.05, 0) is 57.2 Å². The third kappa shape index (κ3) is 3.59. The number of benzene rings is 3. The monoisotopic (exact) mass is 351 g/mol. The van der Waals surface area contributed by atoms with Gasteiger partial charge in [0.15, 0.2) is 0 Å². The van der Waals surface area contributed by atoms with Gasteiger partial charge in [0.25, 0.3) is 10.0 Å². The first-order valence-corrected chi connectivity index (χ1v) is 9.57. The van der Waals surface area contributed by atoms with E-state index >= 15 is 0 Å². The minimum Gasteiger partial charge on any atom is -0.235 e. The Morgan fingerprint density at radius 2 is 0.880 bits per heavy atom. The third-order valence-corrected chi connectivity index (χ3v) is 5.87. The number of anilines is 2. The zero-order valence-electron chi connectivity index (χ0n) is 14.6. The quantitative estimate of drug-likeness (QED) is 0.653. The zero-order valence-corrected chi connectivity index (χ0v) is 15.4. The largest absolute Gasteiger partial charge is 0.268 e. The maximum absolute atomic E-state index is 13.3. The number of hydrogen-bond donors (Lipinski definition) is 0. The van der Waals surface area contributed by atoms with E-state index < -0.39 is 10.0 Å². The Balaban J connectivity index is 2.17. The van der Waals surface area contributed by atoms with Crippen molar-refractivity contribution in [3.8, 4) is 0 Å². The lowest BCUT2D eigenvalue weighted by molar-refractivity contribution is 0.596. The van der Waals surface area contributed by atoms with Crippen LogP contribution in [-0.2, 0) is 10.0 Å². The molecule has 0 heterocycles. The number of aryl methyl sites for hydroxylation is 3. The summed E-state index contributed by atoms with van der Waals surface area (Å²) >= 11 is 0. The molecular formula is C21H21NO2S. The van der Waals surface area contributed by atoms with Crippen molar-refractivity contribution in [3.63, 3.8) is 0 Å². The molecule has 0 unspecified atom stereocenters. The van der Waals surface area contributed by atoms with Gasteiger partial charge in [0.2, 0.25) is 0 Å². The van der Waals surface area contributed by atoms with E-state index in [9.17, 15) is 8.42 Å². The van der Waals surface area contributed by atoms with Crippen molar-refractivity contribution in [2.24, 2.45) is 0 Å². The number of sulfonamides is 1. The highest BCUT2D eigenvalue weighted by Crippen LogP contribution is 2.32. The predicted octanol–water partition coefficient (Wildman–Crippen LogP) is 5.14. The standard InChI is InChI=1S/C21H21NO2S/c1-16-4-10-19(11-5-16)22(20-12-6-17(2)7-13-20)25(23,24)21-14-8-18(3)9-15-21/h4-15H,1-3H3. The SMILES string of the molecule is Cc1ccc(N(c2ccc(C)cc2)S(=O)(=O)c2ccc(C)cc2)cc1. The molecule has 3 aromatic rings. The molecule has 3 nitrogen and oxygen atoms in total. The smallest absolute Gasteiger partial charge is 0.235 e. The summed E-state index contributed by atoms with van der Waals surface area (Å²) in [5.74, 6) is 0. The highest BCUT2D eigenvalue weighted by molar-refractivity contribution is 7.93. The Hall–Kier alpha value is -2.59. The normalized spacial score (nSPS) is 11.3. The van der Waals surface area contributed by atoms with Crippen molar-refractivity contribution in [2.45, 2.75) is 25.7 Å². The summed E-state index contributed by atoms with van der Waals surface area (Å²) in [6.45, 7) is 5.90. The maximum atomic E-state index is 13.3. The summed E-state index contributed by atoms with van der Waals surface area (Å²) in [5, 5.41) is 0. The summed E-state index contributed by atoms with van der Waals surface area (Å²) in [5.41, 5.74) is 4.43. The number of rotatable bonds is 4. The van der Waals surface area contributed by atoms with Gasteiger partial charge in [-0.1, -0.05) is 53.1 Å². The number of nitrogens with zero attached hydrogens (tertiary/aromatic N) is 1. The first-order valence-electron chi connectivity index (χ1n) is 8.13. The van der Waals surface area contributed by atoms with E-state index in [0.29, 0.717) is 11.4 Å². The summed E-state index contributed by atoms with van der Waals surface area (Å²) in [6.07, 6.45) is 0. The fraction of sp³-hybridized carbons (Fsp3) is 0.143. The molecule has 0 radical (unpaired) electrons. The second-order valence-corrected chi connectivity index (χ2v) is 8.04. The molecule has 0 N–H and O–H groups in total. The van der Waals surface area contributed by atoms with Gasteiger partial charge >= 0.3 is 0 Å². The van der Waals surface area contributed by atoms with Crippen LogP contribution in [0.4, 0.5) is 11.4 Å². The fourth-order valence-electron chi connectivity index (χ4n) is 2.60. The van der Waals surface area contributed by atoms with Crippen molar-refractivity contribution in [1.82, 2.24) is 0 Å². The van der Waals surface area contributed by atoms with Crippen molar-refractivity contribution >= 4 is 21.4 Å². The molecule has 0 fully saturated rings. The van der Waals surface area contributed by atoms with Crippen LogP contribution in [-0.4, -0.2) is 8.42 Å². The molecule has 3 aromatic carbocycles. The van der Waals surface area contributed by atoms with Crippen LogP contribution in [0.3, 0.4) is 0 Å². The number of hydrogen-bond acceptors (Lipinski definition) is 2. The van der Waals surface area contributed by atoms with Crippen molar-refractivity contribution in [2.75, 3.05) is 4.31 Å². The molecule has 0 aliphatic heterocycles. The Bertz CT molecular complexity index is 912. The van der Waals surface area contributed by atoms with E-state index in [1.807, 2.05) is 81.4 Å². The van der Waals surface area contributed by atoms with Gasteiger partial charge in [-0.25, -0.2) is 12.7 Å². The summed E-state index contributed by atoms with van der Waals surface area (Å²) in [7, 11) is -3.72. The van der Waals surface area contributed by atoms with Gasteiger partial charge in [0, 0.05) is 0 Å². The van der Waals surface area contributed by atoms with Crippen molar-refractivity contribution in [1.29, 1.82) is 0 Å². The lowest BCUT2D eigenvalue weighted by Gasteiger charge is -2.25. The zero-order chi connectivity index (χ0) is 18.0. The molecule has 0 aliphatic rings. The van der Waals surface area contributed by atoms with Gasteiger partial charge in [0.1, 0.15) is 0 Å². The molecule has 25 heavy (non-hydrogen) atoms. The van der Waals surface area contributed by atoms with E-state index in [2.05, 4.69) is 0 Å². The molecule has 0 amide bonds. The van der Waals surface area contributed by atoms with Gasteiger partial charge < -0.3 is 0 Å². The van der Waals surface area contributed by atoms with E-state index in [1.165, 1.54) is 4.31 Å². The van der Waals surface area contributed by atoms with Crippen LogP contribution in [0.1, 0.15) is 16.7 Å². The van der Waals surface area contributed by atoms with Crippen LogP contribution in [0.2, 0.25) is 0 Å². The van der Waals surface area contributed by atoms with Gasteiger partial charge in [0.05, 0.1) is 16.3 Å². The first kappa shape index (κ1) is 17.2. The lowest BCUT2D eigenvalue weighted by atomic mass is 10.2. The Morgan fingerprint density at radius 3 is 1.24 bits per heavy atom. The van der Waals surface area contributed by atoms with Crippen LogP contribution in [0.25, 0.3) is 0 Å². The lowest BCUT2D eigenvalue weighted by Crippen LogP contribution is -2.26. The molecule has 0 aliphatic carbocycles. The summed E-state index contributed by atoms with van der Waals surface area (Å²) in [4.78, 5) is 0.277. The van der Waals surface area contributed by atoms with Gasteiger partial charge in [-0.15, -0.1) is 0 Å². The Labute approximate surface area is 149 Å². The molecule has 0 spiro atoms. The molecule has 0 atom stereocenters. The Kier molecular flexibility index (Phi) is 4.64. The van der Waals surface area contributed by atoms with Crippen LogP contribution < -0.4 is 4.31 Å². The van der Waals surface area contributed by atoms with E-state index in [0.717, 1.165) is 16.7 Å². The van der Waals surface area contributed by atoms with E-state index in [1.54, 1.807) is 12.1 Å². The van der Waals surface area contributed by atoms with E-state index in [4.69, 9.17) is 0 Å². The van der Waals surface area contributed by atoms with Gasteiger partial charge in [-0.2, -0.15) is 0 Å². The van der Waals surface area contributed by atoms with Crippen LogP contribution >= 0.6 is 0 Å². The molecule has 0 saturated carbocycles. The molecule has 3 rings (SSSR count). The van der Waals surface area contributed by atoms with Crippen molar-refractivity contribution < 1.29 is 8.42 Å². The molecule has 0 bridgehead atoms. The average molecular weight is 351 g/mol. The highest BCUT2D eigenvalue weighted by atomic mass is 32.2. The van der Waals surface area contributed by atoms with Gasteiger partial charge in [-0.3, -0.25) is 0 Å². The second-order valence-electron chi connectivity index (χ2n) is 6.25. The maximum Gasteiger partial charge on any atom is 0.268 e. The minimum atomic E-state index is -3.72. The molecule has 0 saturated heterocycles. The van der Waals surface area contributed by atoms with E-state index in [-0.39, 0.29) is 4.90 Å². The van der Waals surface area contributed by atoms with Crippen LogP contribution in [0.5, 0.6) is 0 Å². The topological polar surface area (TPSA) is 37.4 Å². The molecule has 4 heteroatoms. The fourth-order valence-corrected chi connectivity index (χ4v) is 4.09. The molecule has 128 valence electrons. The Morgan fingerprint density at radius 1 is 0.560 bits per heavy atom. The first-order chi connectivity index (χ1) is 11.9. The predicted molar refractivity (Wildman–Crippen MR) is 103 cm³/mol. The second kappa shape index (κ2) is 6.73. The van der Waals surface area contributed by atoms with Crippen LogP contribution in [0, 0.1) is 20.8 Å². The minimum absolute atomic E-state index is 0.277. The summed E-state index contributed by atoms with van der Waals surface area (Å²) < 4.78 is 28.1. The average Bonchev–Trinajstić information content (AvgIpc) is 2.59.